The van der Waals surface area contributed by atoms with Crippen molar-refractivity contribution in [2.45, 2.75) is 19.8 Å². The van der Waals surface area contributed by atoms with E-state index < -0.39 is 0 Å². The molecule has 0 aliphatic carbocycles. The lowest BCUT2D eigenvalue weighted by Crippen LogP contribution is -2.00. The number of hydrogen-bond donors (Lipinski definition) is 1. The minimum absolute atomic E-state index is 0.662. The van der Waals surface area contributed by atoms with Crippen LogP contribution in [0.25, 0.3) is 0 Å². The molecule has 0 saturated carbocycles. The summed E-state index contributed by atoms with van der Waals surface area (Å²) in [6.07, 6.45) is 1.67. The highest BCUT2D eigenvalue weighted by molar-refractivity contribution is 6.35. The van der Waals surface area contributed by atoms with Crippen molar-refractivity contribution in [1.29, 1.82) is 0 Å². The molecule has 0 spiro atoms. The van der Waals surface area contributed by atoms with Gasteiger partial charge in [-0.15, -0.1) is 0 Å². The topological polar surface area (TPSA) is 12.0 Å². The first-order valence-electron chi connectivity index (χ1n) is 6.50. The third-order valence-corrected chi connectivity index (χ3v) is 3.64. The number of hydrogen-bond acceptors (Lipinski definition) is 1. The molecular weight excluding hydrogens is 289 g/mol. The quantitative estimate of drug-likeness (QED) is 0.729. The van der Waals surface area contributed by atoms with Crippen LogP contribution in [0.15, 0.2) is 54.7 Å². The maximum absolute atomic E-state index is 6.16. The third-order valence-electron chi connectivity index (χ3n) is 3.05. The van der Waals surface area contributed by atoms with E-state index in [1.54, 1.807) is 6.07 Å². The molecule has 0 aromatic heterocycles. The van der Waals surface area contributed by atoms with Gasteiger partial charge in [0, 0.05) is 21.4 Å². The standard InChI is InChI=1S/C17H17Cl2N/c1-12-4-3-5-16(10-12)20-13(2)6-7-14-8-9-15(18)11-17(14)19/h3-5,8-11,20H,2,6-7H2,1H3. The Balaban J connectivity index is 1.92. The molecule has 0 aliphatic rings. The number of rotatable bonds is 5. The first kappa shape index (κ1) is 15.0. The summed E-state index contributed by atoms with van der Waals surface area (Å²) in [4.78, 5) is 0. The van der Waals surface area contributed by atoms with Crippen LogP contribution >= 0.6 is 23.2 Å². The second-order valence-corrected chi connectivity index (χ2v) is 5.68. The van der Waals surface area contributed by atoms with E-state index >= 15 is 0 Å². The minimum Gasteiger partial charge on any atom is -0.359 e. The van der Waals surface area contributed by atoms with Crippen LogP contribution in [0.1, 0.15) is 17.5 Å². The molecule has 0 heterocycles. The van der Waals surface area contributed by atoms with Gasteiger partial charge in [0.25, 0.3) is 0 Å². The molecule has 3 heteroatoms. The van der Waals surface area contributed by atoms with Crippen molar-refractivity contribution >= 4 is 28.9 Å². The van der Waals surface area contributed by atoms with E-state index in [1.807, 2.05) is 24.3 Å². The van der Waals surface area contributed by atoms with Crippen LogP contribution in [0.3, 0.4) is 0 Å². The van der Waals surface area contributed by atoms with E-state index in [0.717, 1.165) is 29.8 Å². The van der Waals surface area contributed by atoms with Gasteiger partial charge in [-0.25, -0.2) is 0 Å². The van der Waals surface area contributed by atoms with Crippen LogP contribution in [0.5, 0.6) is 0 Å². The summed E-state index contributed by atoms with van der Waals surface area (Å²) in [5.74, 6) is 0. The van der Waals surface area contributed by atoms with E-state index in [4.69, 9.17) is 23.2 Å². The number of allylic oxidation sites excluding steroid dienone is 1. The Bertz CT molecular complexity index is 620. The Kier molecular flexibility index (Phi) is 5.11. The maximum Gasteiger partial charge on any atom is 0.0452 e. The molecule has 0 atom stereocenters. The number of benzene rings is 2. The zero-order valence-corrected chi connectivity index (χ0v) is 12.9. The molecule has 0 aliphatic heterocycles. The van der Waals surface area contributed by atoms with Crippen LogP contribution in [0.2, 0.25) is 10.0 Å². The zero-order valence-electron chi connectivity index (χ0n) is 11.4. The highest BCUT2D eigenvalue weighted by Gasteiger charge is 2.03. The average Bonchev–Trinajstić information content (AvgIpc) is 2.37. The van der Waals surface area contributed by atoms with Gasteiger partial charge in [-0.05, 0) is 55.2 Å². The minimum atomic E-state index is 0.662. The summed E-state index contributed by atoms with van der Waals surface area (Å²) in [6, 6.07) is 13.8. The fourth-order valence-corrected chi connectivity index (χ4v) is 2.50. The molecule has 0 amide bonds. The summed E-state index contributed by atoms with van der Waals surface area (Å²) < 4.78 is 0. The molecule has 1 nitrogen and oxygen atoms in total. The summed E-state index contributed by atoms with van der Waals surface area (Å²) in [7, 11) is 0. The van der Waals surface area contributed by atoms with Gasteiger partial charge in [0.15, 0.2) is 0 Å². The third kappa shape index (κ3) is 4.29. The predicted octanol–water partition coefficient (Wildman–Crippen LogP) is 5.86. The fraction of sp³-hybridized carbons (Fsp3) is 0.176. The second-order valence-electron chi connectivity index (χ2n) is 4.83. The summed E-state index contributed by atoms with van der Waals surface area (Å²) >= 11 is 12.0. The number of aryl methyl sites for hydroxylation is 2. The van der Waals surface area contributed by atoms with Gasteiger partial charge < -0.3 is 5.32 Å². The van der Waals surface area contributed by atoms with E-state index in [2.05, 4.69) is 31.0 Å². The lowest BCUT2D eigenvalue weighted by atomic mass is 10.1. The van der Waals surface area contributed by atoms with Crippen LogP contribution < -0.4 is 5.32 Å². The van der Waals surface area contributed by atoms with Gasteiger partial charge in [0.1, 0.15) is 0 Å². The maximum atomic E-state index is 6.16. The highest BCUT2D eigenvalue weighted by Crippen LogP contribution is 2.23. The Labute approximate surface area is 130 Å². The summed E-state index contributed by atoms with van der Waals surface area (Å²) in [6.45, 7) is 6.13. The molecule has 20 heavy (non-hydrogen) atoms. The van der Waals surface area contributed by atoms with E-state index in [0.29, 0.717) is 10.0 Å². The zero-order chi connectivity index (χ0) is 14.5. The Hall–Kier alpha value is -1.44. The Morgan fingerprint density at radius 3 is 2.65 bits per heavy atom. The fourth-order valence-electron chi connectivity index (χ4n) is 2.00. The second kappa shape index (κ2) is 6.83. The van der Waals surface area contributed by atoms with Gasteiger partial charge in [-0.3, -0.25) is 0 Å². The van der Waals surface area contributed by atoms with Crippen molar-refractivity contribution < 1.29 is 0 Å². The van der Waals surface area contributed by atoms with Gasteiger partial charge >= 0.3 is 0 Å². The summed E-state index contributed by atoms with van der Waals surface area (Å²) in [5.41, 5.74) is 4.35. The molecule has 104 valence electrons. The van der Waals surface area contributed by atoms with Crippen molar-refractivity contribution in [3.63, 3.8) is 0 Å². The van der Waals surface area contributed by atoms with Crippen molar-refractivity contribution in [1.82, 2.24) is 0 Å². The number of halogens is 2. The molecule has 1 N–H and O–H groups in total. The van der Waals surface area contributed by atoms with Gasteiger partial charge in [-0.1, -0.05) is 48.0 Å². The summed E-state index contributed by atoms with van der Waals surface area (Å²) in [5, 5.41) is 4.69. The predicted molar refractivity (Wildman–Crippen MR) is 88.7 cm³/mol. The molecule has 0 bridgehead atoms. The molecule has 2 aromatic rings. The highest BCUT2D eigenvalue weighted by atomic mass is 35.5. The number of nitrogens with one attached hydrogen (secondary N) is 1. The van der Waals surface area contributed by atoms with Crippen molar-refractivity contribution in [2.75, 3.05) is 5.32 Å². The van der Waals surface area contributed by atoms with Crippen LogP contribution in [0.4, 0.5) is 5.69 Å². The molecule has 0 fully saturated rings. The van der Waals surface area contributed by atoms with Gasteiger partial charge in [0.2, 0.25) is 0 Å². The van der Waals surface area contributed by atoms with Gasteiger partial charge in [-0.2, -0.15) is 0 Å². The molecule has 2 aromatic carbocycles. The number of anilines is 1. The lowest BCUT2D eigenvalue weighted by molar-refractivity contribution is 0.950. The van der Waals surface area contributed by atoms with Crippen molar-refractivity contribution in [2.24, 2.45) is 0 Å². The first-order valence-corrected chi connectivity index (χ1v) is 7.25. The Morgan fingerprint density at radius 2 is 1.95 bits per heavy atom. The Morgan fingerprint density at radius 1 is 1.15 bits per heavy atom. The van der Waals surface area contributed by atoms with Crippen LogP contribution in [-0.4, -0.2) is 0 Å². The molecule has 0 saturated heterocycles. The molecule has 0 unspecified atom stereocenters. The van der Waals surface area contributed by atoms with E-state index in [1.165, 1.54) is 5.56 Å². The molecule has 2 rings (SSSR count). The largest absolute Gasteiger partial charge is 0.359 e. The van der Waals surface area contributed by atoms with Gasteiger partial charge in [0.05, 0.1) is 0 Å². The van der Waals surface area contributed by atoms with E-state index in [9.17, 15) is 0 Å². The van der Waals surface area contributed by atoms with Crippen LogP contribution in [0, 0.1) is 6.92 Å². The normalized spacial score (nSPS) is 10.3. The van der Waals surface area contributed by atoms with E-state index in [-0.39, 0.29) is 0 Å². The average molecular weight is 306 g/mol. The SMILES string of the molecule is C=C(CCc1ccc(Cl)cc1Cl)Nc1cccc(C)c1. The monoisotopic (exact) mass is 305 g/mol. The molecule has 0 radical (unpaired) electrons. The smallest absolute Gasteiger partial charge is 0.0452 e. The molecular formula is C17H17Cl2N. The van der Waals surface area contributed by atoms with Crippen LogP contribution in [-0.2, 0) is 6.42 Å². The first-order chi connectivity index (χ1) is 9.54. The lowest BCUT2D eigenvalue weighted by Gasteiger charge is -2.11. The van der Waals surface area contributed by atoms with Crippen molar-refractivity contribution in [3.05, 3.63) is 75.9 Å². The van der Waals surface area contributed by atoms with Crippen molar-refractivity contribution in [3.8, 4) is 0 Å².